The molecule has 2 aromatic carbocycles. The zero-order valence-electron chi connectivity index (χ0n) is 13.7. The van der Waals surface area contributed by atoms with Gasteiger partial charge in [-0.05, 0) is 49.2 Å². The molecule has 4 nitrogen and oxygen atoms in total. The highest BCUT2D eigenvalue weighted by atomic mass is 35.5. The normalized spacial score (nSPS) is 15.3. The summed E-state index contributed by atoms with van der Waals surface area (Å²) in [7, 11) is 1.77. The molecule has 1 aliphatic rings. The molecule has 1 fully saturated rings. The number of piperidine rings is 1. The molecule has 0 unspecified atom stereocenters. The van der Waals surface area contributed by atoms with Crippen LogP contribution < -0.4 is 10.2 Å². The van der Waals surface area contributed by atoms with Crippen LogP contribution in [-0.2, 0) is 4.74 Å². The maximum absolute atomic E-state index is 12.3. The van der Waals surface area contributed by atoms with E-state index in [-0.39, 0.29) is 5.91 Å². The average molecular weight is 345 g/mol. The molecule has 1 aliphatic heterocycles. The third-order valence-corrected chi connectivity index (χ3v) is 4.71. The van der Waals surface area contributed by atoms with E-state index in [9.17, 15) is 4.79 Å². The van der Waals surface area contributed by atoms with Gasteiger partial charge in [0.2, 0.25) is 0 Å². The van der Waals surface area contributed by atoms with E-state index in [0.717, 1.165) is 31.6 Å². The van der Waals surface area contributed by atoms with Crippen molar-refractivity contribution in [1.82, 2.24) is 0 Å². The van der Waals surface area contributed by atoms with Gasteiger partial charge in [-0.25, -0.2) is 0 Å². The Hall–Kier alpha value is -2.04. The molecule has 24 heavy (non-hydrogen) atoms. The SMILES string of the molecule is COC1CCN(c2ccc(NC(=O)c3ccccc3Cl)cc2)CC1. The van der Waals surface area contributed by atoms with Gasteiger partial charge in [-0.2, -0.15) is 0 Å². The monoisotopic (exact) mass is 344 g/mol. The number of methoxy groups -OCH3 is 1. The number of hydrogen-bond acceptors (Lipinski definition) is 3. The zero-order valence-corrected chi connectivity index (χ0v) is 14.4. The number of ether oxygens (including phenoxy) is 1. The Morgan fingerprint density at radius 2 is 1.79 bits per heavy atom. The minimum absolute atomic E-state index is 0.200. The van der Waals surface area contributed by atoms with E-state index in [0.29, 0.717) is 16.7 Å². The second-order valence-corrected chi connectivity index (χ2v) is 6.31. The van der Waals surface area contributed by atoms with Gasteiger partial charge in [-0.3, -0.25) is 4.79 Å². The number of carbonyl (C=O) groups is 1. The van der Waals surface area contributed by atoms with Gasteiger partial charge >= 0.3 is 0 Å². The van der Waals surface area contributed by atoms with Crippen molar-refractivity contribution in [3.63, 3.8) is 0 Å². The van der Waals surface area contributed by atoms with Gasteiger partial charge in [0.15, 0.2) is 0 Å². The number of anilines is 2. The lowest BCUT2D eigenvalue weighted by Gasteiger charge is -2.33. The van der Waals surface area contributed by atoms with Gasteiger partial charge in [-0.1, -0.05) is 23.7 Å². The fourth-order valence-electron chi connectivity index (χ4n) is 2.95. The van der Waals surface area contributed by atoms with E-state index in [1.54, 1.807) is 31.4 Å². The van der Waals surface area contributed by atoms with E-state index < -0.39 is 0 Å². The minimum Gasteiger partial charge on any atom is -0.381 e. The van der Waals surface area contributed by atoms with Gasteiger partial charge in [0.1, 0.15) is 0 Å². The lowest BCUT2D eigenvalue weighted by molar-refractivity contribution is 0.0819. The molecule has 3 rings (SSSR count). The van der Waals surface area contributed by atoms with Crippen molar-refractivity contribution in [2.75, 3.05) is 30.4 Å². The molecule has 1 N–H and O–H groups in total. The Labute approximate surface area is 147 Å². The van der Waals surface area contributed by atoms with E-state index in [1.165, 1.54) is 5.69 Å². The van der Waals surface area contributed by atoms with Crippen molar-refractivity contribution in [2.24, 2.45) is 0 Å². The molecule has 1 heterocycles. The lowest BCUT2D eigenvalue weighted by Crippen LogP contribution is -2.36. The van der Waals surface area contributed by atoms with E-state index >= 15 is 0 Å². The first-order chi connectivity index (χ1) is 11.7. The fraction of sp³-hybridized carbons (Fsp3) is 0.316. The molecule has 5 heteroatoms. The molecule has 0 aromatic heterocycles. The molecule has 0 spiro atoms. The highest BCUT2D eigenvalue weighted by Gasteiger charge is 2.18. The van der Waals surface area contributed by atoms with Gasteiger partial charge in [0.25, 0.3) is 5.91 Å². The number of benzene rings is 2. The topological polar surface area (TPSA) is 41.6 Å². The first-order valence-electron chi connectivity index (χ1n) is 8.11. The second kappa shape index (κ2) is 7.69. The molecule has 1 saturated heterocycles. The molecule has 0 radical (unpaired) electrons. The van der Waals surface area contributed by atoms with Crippen LogP contribution in [0.15, 0.2) is 48.5 Å². The Balaban J connectivity index is 1.63. The lowest BCUT2D eigenvalue weighted by atomic mass is 10.1. The highest BCUT2D eigenvalue weighted by Crippen LogP contribution is 2.23. The number of rotatable bonds is 4. The predicted octanol–water partition coefficient (Wildman–Crippen LogP) is 4.21. The van der Waals surface area contributed by atoms with Crippen LogP contribution in [0.1, 0.15) is 23.2 Å². The maximum atomic E-state index is 12.3. The van der Waals surface area contributed by atoms with Gasteiger partial charge in [0.05, 0.1) is 16.7 Å². The second-order valence-electron chi connectivity index (χ2n) is 5.90. The number of halogens is 1. The molecule has 2 aromatic rings. The van der Waals surface area contributed by atoms with Gasteiger partial charge < -0.3 is 15.0 Å². The number of amides is 1. The van der Waals surface area contributed by atoms with Crippen LogP contribution in [-0.4, -0.2) is 32.2 Å². The smallest absolute Gasteiger partial charge is 0.257 e. The van der Waals surface area contributed by atoms with Crippen molar-refractivity contribution >= 4 is 28.9 Å². The van der Waals surface area contributed by atoms with Gasteiger partial charge in [-0.15, -0.1) is 0 Å². The molecule has 1 amide bonds. The van der Waals surface area contributed by atoms with Crippen LogP contribution in [0.25, 0.3) is 0 Å². The average Bonchev–Trinajstić information content (AvgIpc) is 2.63. The quantitative estimate of drug-likeness (QED) is 0.903. The van der Waals surface area contributed by atoms with Gasteiger partial charge in [0, 0.05) is 31.6 Å². The summed E-state index contributed by atoms with van der Waals surface area (Å²) in [5, 5.41) is 3.33. The minimum atomic E-state index is -0.200. The third-order valence-electron chi connectivity index (χ3n) is 4.38. The molecule has 126 valence electrons. The summed E-state index contributed by atoms with van der Waals surface area (Å²) in [4.78, 5) is 14.6. The predicted molar refractivity (Wildman–Crippen MR) is 98.1 cm³/mol. The summed E-state index contributed by atoms with van der Waals surface area (Å²) in [6.45, 7) is 1.98. The molecule has 0 atom stereocenters. The Kier molecular flexibility index (Phi) is 5.38. The summed E-state index contributed by atoms with van der Waals surface area (Å²) in [5.74, 6) is -0.200. The van der Waals surface area contributed by atoms with Crippen LogP contribution in [0.5, 0.6) is 0 Å². The van der Waals surface area contributed by atoms with Crippen LogP contribution in [0.2, 0.25) is 5.02 Å². The van der Waals surface area contributed by atoms with Crippen LogP contribution in [0, 0.1) is 0 Å². The van der Waals surface area contributed by atoms with Crippen molar-refractivity contribution in [2.45, 2.75) is 18.9 Å². The van der Waals surface area contributed by atoms with E-state index in [2.05, 4.69) is 10.2 Å². The van der Waals surface area contributed by atoms with E-state index in [1.807, 2.05) is 24.3 Å². The largest absolute Gasteiger partial charge is 0.381 e. The Morgan fingerprint density at radius 1 is 1.12 bits per heavy atom. The Bertz CT molecular complexity index is 695. The summed E-state index contributed by atoms with van der Waals surface area (Å²) in [6, 6.07) is 15.0. The molecule has 0 bridgehead atoms. The number of nitrogens with one attached hydrogen (secondary N) is 1. The number of carbonyl (C=O) groups excluding carboxylic acids is 1. The fourth-order valence-corrected chi connectivity index (χ4v) is 3.17. The first-order valence-corrected chi connectivity index (χ1v) is 8.49. The molecule has 0 saturated carbocycles. The van der Waals surface area contributed by atoms with Crippen molar-refractivity contribution in [1.29, 1.82) is 0 Å². The van der Waals surface area contributed by atoms with Crippen molar-refractivity contribution in [3.8, 4) is 0 Å². The molecular formula is C19H21ClN2O2. The summed E-state index contributed by atoms with van der Waals surface area (Å²) >= 11 is 6.06. The molecule has 0 aliphatic carbocycles. The number of hydrogen-bond donors (Lipinski definition) is 1. The molecular weight excluding hydrogens is 324 g/mol. The van der Waals surface area contributed by atoms with Crippen LogP contribution in [0.3, 0.4) is 0 Å². The standard InChI is InChI=1S/C19H21ClN2O2/c1-24-16-10-12-22(13-11-16)15-8-6-14(7-9-15)21-19(23)17-4-2-3-5-18(17)20/h2-9,16H,10-13H2,1H3,(H,21,23). The zero-order chi connectivity index (χ0) is 16.9. The number of nitrogens with zero attached hydrogens (tertiary/aromatic N) is 1. The first kappa shape index (κ1) is 16.8. The van der Waals surface area contributed by atoms with E-state index in [4.69, 9.17) is 16.3 Å². The van der Waals surface area contributed by atoms with Crippen LogP contribution in [0.4, 0.5) is 11.4 Å². The van der Waals surface area contributed by atoms with Crippen molar-refractivity contribution in [3.05, 3.63) is 59.1 Å². The summed E-state index contributed by atoms with van der Waals surface area (Å²) < 4.78 is 5.40. The highest BCUT2D eigenvalue weighted by molar-refractivity contribution is 6.34. The Morgan fingerprint density at radius 3 is 2.42 bits per heavy atom. The summed E-state index contributed by atoms with van der Waals surface area (Å²) in [6.07, 6.45) is 2.46. The maximum Gasteiger partial charge on any atom is 0.257 e. The van der Waals surface area contributed by atoms with Crippen molar-refractivity contribution < 1.29 is 9.53 Å². The summed E-state index contributed by atoms with van der Waals surface area (Å²) in [5.41, 5.74) is 2.40. The third kappa shape index (κ3) is 3.89. The van der Waals surface area contributed by atoms with Crippen LogP contribution >= 0.6 is 11.6 Å².